The van der Waals surface area contributed by atoms with Crippen LogP contribution in [-0.2, 0) is 9.53 Å². The van der Waals surface area contributed by atoms with Crippen LogP contribution in [0, 0.1) is 0 Å². The van der Waals surface area contributed by atoms with Crippen molar-refractivity contribution in [3.63, 3.8) is 0 Å². The van der Waals surface area contributed by atoms with E-state index >= 15 is 0 Å². The average molecular weight is 423 g/mol. The van der Waals surface area contributed by atoms with Crippen LogP contribution in [0.4, 0.5) is 0 Å². The van der Waals surface area contributed by atoms with Gasteiger partial charge in [-0.1, -0.05) is 39.8 Å². The molecule has 1 atom stereocenters. The van der Waals surface area contributed by atoms with Gasteiger partial charge < -0.3 is 4.74 Å². The first-order chi connectivity index (χ1) is 11.6. The fraction of sp³-hybridized carbons (Fsp3) is 0.235. The third-order valence-electron chi connectivity index (χ3n) is 3.40. The van der Waals surface area contributed by atoms with Crippen molar-refractivity contribution < 1.29 is 9.53 Å². The molecule has 3 rings (SSSR count). The second-order valence-corrected chi connectivity index (χ2v) is 8.13. The molecule has 0 spiro atoms. The Morgan fingerprint density at radius 1 is 1.33 bits per heavy atom. The van der Waals surface area contributed by atoms with E-state index in [4.69, 9.17) is 4.74 Å². The standard InChI is InChI=1S/C17H15BrN2O2S2/c1-3-22-17(21)10(2)24-16-14-13(8-23-15(14)19-9-20-16)11-4-6-12(18)7-5-11/h4-10H,3H2,1-2H3. The molecule has 2 heterocycles. The zero-order valence-electron chi connectivity index (χ0n) is 13.2. The molecule has 0 aliphatic heterocycles. The number of nitrogens with zero attached hydrogens (tertiary/aromatic N) is 2. The number of fused-ring (bicyclic) bond motifs is 1. The predicted octanol–water partition coefficient (Wildman–Crippen LogP) is 5.16. The lowest BCUT2D eigenvalue weighted by molar-refractivity contribution is -0.142. The van der Waals surface area contributed by atoms with E-state index in [9.17, 15) is 4.79 Å². The topological polar surface area (TPSA) is 52.1 Å². The fourth-order valence-corrected chi connectivity index (χ4v) is 4.43. The van der Waals surface area contributed by atoms with Crippen LogP contribution in [0.1, 0.15) is 13.8 Å². The van der Waals surface area contributed by atoms with Crippen LogP contribution in [-0.4, -0.2) is 27.8 Å². The van der Waals surface area contributed by atoms with Gasteiger partial charge in [0.2, 0.25) is 0 Å². The summed E-state index contributed by atoms with van der Waals surface area (Å²) in [4.78, 5) is 21.6. The zero-order chi connectivity index (χ0) is 17.1. The van der Waals surface area contributed by atoms with Crippen molar-refractivity contribution in [2.24, 2.45) is 0 Å². The summed E-state index contributed by atoms with van der Waals surface area (Å²) in [5.74, 6) is -0.227. The monoisotopic (exact) mass is 422 g/mol. The largest absolute Gasteiger partial charge is 0.465 e. The Morgan fingerprint density at radius 3 is 2.79 bits per heavy atom. The number of ether oxygens (including phenoxy) is 1. The number of esters is 1. The summed E-state index contributed by atoms with van der Waals surface area (Å²) in [5.41, 5.74) is 2.19. The molecule has 0 saturated heterocycles. The van der Waals surface area contributed by atoms with Crippen LogP contribution in [0.25, 0.3) is 21.3 Å². The number of carbonyl (C=O) groups excluding carboxylic acids is 1. The fourth-order valence-electron chi connectivity index (χ4n) is 2.25. The SMILES string of the molecule is CCOC(=O)C(C)Sc1ncnc2scc(-c3ccc(Br)cc3)c12. The molecule has 0 aliphatic carbocycles. The lowest BCUT2D eigenvalue weighted by Crippen LogP contribution is -2.16. The number of thioether (sulfide) groups is 1. The van der Waals surface area contributed by atoms with Crippen LogP contribution < -0.4 is 0 Å². The number of carbonyl (C=O) groups is 1. The Balaban J connectivity index is 2.01. The van der Waals surface area contributed by atoms with Crippen LogP contribution in [0.2, 0.25) is 0 Å². The predicted molar refractivity (Wildman–Crippen MR) is 103 cm³/mol. The van der Waals surface area contributed by atoms with Gasteiger partial charge in [0.05, 0.1) is 12.0 Å². The number of hydrogen-bond donors (Lipinski definition) is 0. The Labute approximate surface area is 156 Å². The van der Waals surface area contributed by atoms with Crippen LogP contribution in [0.15, 0.2) is 45.5 Å². The van der Waals surface area contributed by atoms with E-state index in [-0.39, 0.29) is 11.2 Å². The van der Waals surface area contributed by atoms with Gasteiger partial charge >= 0.3 is 5.97 Å². The van der Waals surface area contributed by atoms with Crippen LogP contribution in [0.5, 0.6) is 0 Å². The highest BCUT2D eigenvalue weighted by atomic mass is 79.9. The number of halogens is 1. The second kappa shape index (κ2) is 7.63. The molecule has 124 valence electrons. The van der Waals surface area contributed by atoms with Crippen molar-refractivity contribution in [1.82, 2.24) is 9.97 Å². The first-order valence-corrected chi connectivity index (χ1v) is 9.96. The van der Waals surface area contributed by atoms with Crippen LogP contribution >= 0.6 is 39.0 Å². The minimum Gasteiger partial charge on any atom is -0.465 e. The highest BCUT2D eigenvalue weighted by Gasteiger charge is 2.20. The average Bonchev–Trinajstić information content (AvgIpc) is 3.01. The number of thiophene rings is 1. The van der Waals surface area contributed by atoms with Gasteiger partial charge in [-0.15, -0.1) is 11.3 Å². The molecule has 0 bridgehead atoms. The Bertz CT molecular complexity index is 865. The first-order valence-electron chi connectivity index (χ1n) is 7.41. The smallest absolute Gasteiger partial charge is 0.319 e. The van der Waals surface area contributed by atoms with Crippen molar-refractivity contribution in [3.05, 3.63) is 40.4 Å². The van der Waals surface area contributed by atoms with E-state index in [0.29, 0.717) is 6.61 Å². The number of hydrogen-bond acceptors (Lipinski definition) is 6. The summed E-state index contributed by atoms with van der Waals surface area (Å²) in [6, 6.07) is 8.14. The van der Waals surface area contributed by atoms with Gasteiger partial charge in [0.1, 0.15) is 21.4 Å². The molecule has 7 heteroatoms. The van der Waals surface area contributed by atoms with E-state index in [1.54, 1.807) is 17.7 Å². The number of aromatic nitrogens is 2. The molecule has 24 heavy (non-hydrogen) atoms. The van der Waals surface area contributed by atoms with Gasteiger partial charge in [0.15, 0.2) is 0 Å². The molecule has 0 amide bonds. The Morgan fingerprint density at radius 2 is 2.08 bits per heavy atom. The summed E-state index contributed by atoms with van der Waals surface area (Å²) < 4.78 is 6.13. The van der Waals surface area contributed by atoms with Gasteiger partial charge in [-0.2, -0.15) is 0 Å². The van der Waals surface area contributed by atoms with E-state index in [1.807, 2.05) is 26.0 Å². The number of benzene rings is 1. The molecule has 0 fully saturated rings. The molecular weight excluding hydrogens is 408 g/mol. The normalized spacial score (nSPS) is 12.3. The van der Waals surface area contributed by atoms with Gasteiger partial charge in [0.25, 0.3) is 0 Å². The van der Waals surface area contributed by atoms with E-state index in [0.717, 1.165) is 30.8 Å². The summed E-state index contributed by atoms with van der Waals surface area (Å²) >= 11 is 6.45. The van der Waals surface area contributed by atoms with Crippen molar-refractivity contribution >= 4 is 55.2 Å². The second-order valence-electron chi connectivity index (χ2n) is 5.03. The highest BCUT2D eigenvalue weighted by Crippen LogP contribution is 2.39. The third kappa shape index (κ3) is 3.63. The molecule has 1 unspecified atom stereocenters. The maximum Gasteiger partial charge on any atom is 0.319 e. The molecule has 1 aromatic carbocycles. The van der Waals surface area contributed by atoms with Crippen molar-refractivity contribution in [2.45, 2.75) is 24.1 Å². The summed E-state index contributed by atoms with van der Waals surface area (Å²) in [7, 11) is 0. The molecule has 0 saturated carbocycles. The Kier molecular flexibility index (Phi) is 5.53. The molecule has 4 nitrogen and oxygen atoms in total. The highest BCUT2D eigenvalue weighted by molar-refractivity contribution is 9.10. The molecular formula is C17H15BrN2O2S2. The molecule has 0 N–H and O–H groups in total. The third-order valence-corrected chi connectivity index (χ3v) is 5.89. The summed E-state index contributed by atoms with van der Waals surface area (Å²) in [5, 5.41) is 3.56. The summed E-state index contributed by atoms with van der Waals surface area (Å²) in [6.45, 7) is 4.02. The maximum absolute atomic E-state index is 11.9. The Hall–Kier alpha value is -1.44. The van der Waals surface area contributed by atoms with Gasteiger partial charge in [-0.3, -0.25) is 4.79 Å². The van der Waals surface area contributed by atoms with Crippen molar-refractivity contribution in [1.29, 1.82) is 0 Å². The van der Waals surface area contributed by atoms with Crippen LogP contribution in [0.3, 0.4) is 0 Å². The quantitative estimate of drug-likeness (QED) is 0.322. The maximum atomic E-state index is 11.9. The van der Waals surface area contributed by atoms with E-state index < -0.39 is 0 Å². The zero-order valence-corrected chi connectivity index (χ0v) is 16.4. The van der Waals surface area contributed by atoms with Gasteiger partial charge in [-0.05, 0) is 31.5 Å². The molecule has 3 aromatic rings. The number of rotatable bonds is 5. The van der Waals surface area contributed by atoms with E-state index in [2.05, 4.69) is 43.4 Å². The minimum absolute atomic E-state index is 0.227. The van der Waals surface area contributed by atoms with Crippen molar-refractivity contribution in [3.8, 4) is 11.1 Å². The molecule has 0 aliphatic rings. The lowest BCUT2D eigenvalue weighted by atomic mass is 10.1. The minimum atomic E-state index is -0.319. The molecule has 0 radical (unpaired) electrons. The van der Waals surface area contributed by atoms with Crippen molar-refractivity contribution in [2.75, 3.05) is 6.61 Å². The van der Waals surface area contributed by atoms with E-state index in [1.165, 1.54) is 11.8 Å². The lowest BCUT2D eigenvalue weighted by Gasteiger charge is -2.11. The van der Waals surface area contributed by atoms with Gasteiger partial charge in [-0.25, -0.2) is 9.97 Å². The first kappa shape index (κ1) is 17.4. The van der Waals surface area contributed by atoms with Gasteiger partial charge in [0, 0.05) is 15.4 Å². The summed E-state index contributed by atoms with van der Waals surface area (Å²) in [6.07, 6.45) is 1.55. The molecule has 2 aromatic heterocycles.